The van der Waals surface area contributed by atoms with Crippen LogP contribution in [0, 0.1) is 24.4 Å². The lowest BCUT2D eigenvalue weighted by molar-refractivity contribution is 0.590. The number of fused-ring (bicyclic) bond motifs is 1. The van der Waals surface area contributed by atoms with E-state index in [0.29, 0.717) is 0 Å². The third-order valence-electron chi connectivity index (χ3n) is 3.76. The molecule has 0 aromatic heterocycles. The highest BCUT2D eigenvalue weighted by Gasteiger charge is 2.17. The van der Waals surface area contributed by atoms with Gasteiger partial charge in [0.25, 0.3) is 0 Å². The minimum absolute atomic E-state index is 0.00471. The van der Waals surface area contributed by atoms with E-state index in [0.717, 1.165) is 23.4 Å². The quantitative estimate of drug-likeness (QED) is 0.503. The number of hydrogen-bond donors (Lipinski definition) is 2. The number of aryl methyl sites for hydroxylation is 1. The van der Waals surface area contributed by atoms with E-state index in [4.69, 9.17) is 0 Å². The highest BCUT2D eigenvalue weighted by molar-refractivity contribution is 6.09. The number of guanidine groups is 1. The predicted molar refractivity (Wildman–Crippen MR) is 95.6 cm³/mol. The molecule has 3 aromatic rings. The molecular formula is C19H16F3N3. The summed E-state index contributed by atoms with van der Waals surface area (Å²) in [6, 6.07) is 12.2. The second kappa shape index (κ2) is 6.84. The number of nitrogens with zero attached hydrogens (tertiary/aromatic N) is 1. The van der Waals surface area contributed by atoms with Gasteiger partial charge in [-0.3, -0.25) is 4.99 Å². The molecule has 0 atom stereocenters. The summed E-state index contributed by atoms with van der Waals surface area (Å²) in [5, 5.41) is 5.57. The Balaban J connectivity index is 2.02. The average Bonchev–Trinajstić information content (AvgIpc) is 2.58. The second-order valence-corrected chi connectivity index (χ2v) is 5.57. The summed E-state index contributed by atoms with van der Waals surface area (Å²) >= 11 is 0. The highest BCUT2D eigenvalue weighted by Crippen LogP contribution is 2.31. The Morgan fingerprint density at radius 1 is 0.880 bits per heavy atom. The standard InChI is InChI=1S/C19H16F3N3/c1-11-5-3-6-12(9-11)24-19(23-2)25-18-16(22)10-15(21)13-7-4-8-14(20)17(13)18/h3-10H,1-2H3,(H2,23,24,25). The summed E-state index contributed by atoms with van der Waals surface area (Å²) in [5.74, 6) is -2.23. The van der Waals surface area contributed by atoms with Gasteiger partial charge in [-0.2, -0.15) is 0 Å². The molecule has 0 aliphatic heterocycles. The number of rotatable bonds is 2. The number of nitrogens with one attached hydrogen (secondary N) is 2. The Labute approximate surface area is 143 Å². The first-order valence-electron chi connectivity index (χ1n) is 7.63. The Morgan fingerprint density at radius 3 is 2.36 bits per heavy atom. The fourth-order valence-corrected chi connectivity index (χ4v) is 2.60. The third-order valence-corrected chi connectivity index (χ3v) is 3.76. The van der Waals surface area contributed by atoms with Gasteiger partial charge in [0, 0.05) is 29.6 Å². The maximum Gasteiger partial charge on any atom is 0.200 e. The van der Waals surface area contributed by atoms with Crippen molar-refractivity contribution < 1.29 is 13.2 Å². The minimum atomic E-state index is -0.901. The molecule has 3 rings (SSSR count). The van der Waals surface area contributed by atoms with Crippen molar-refractivity contribution in [3.8, 4) is 0 Å². The van der Waals surface area contributed by atoms with Gasteiger partial charge in [-0.05, 0) is 30.7 Å². The fourth-order valence-electron chi connectivity index (χ4n) is 2.60. The molecule has 0 saturated heterocycles. The average molecular weight is 343 g/mol. The van der Waals surface area contributed by atoms with Crippen LogP contribution in [0.1, 0.15) is 5.56 Å². The zero-order valence-electron chi connectivity index (χ0n) is 13.7. The number of benzene rings is 3. The molecule has 128 valence electrons. The topological polar surface area (TPSA) is 36.4 Å². The van der Waals surface area contributed by atoms with E-state index in [9.17, 15) is 13.2 Å². The zero-order valence-corrected chi connectivity index (χ0v) is 13.7. The van der Waals surface area contributed by atoms with Crippen molar-refractivity contribution in [1.29, 1.82) is 0 Å². The molecule has 0 radical (unpaired) electrons. The van der Waals surface area contributed by atoms with Gasteiger partial charge in [-0.1, -0.05) is 24.3 Å². The highest BCUT2D eigenvalue weighted by atomic mass is 19.1. The van der Waals surface area contributed by atoms with E-state index in [1.54, 1.807) is 0 Å². The van der Waals surface area contributed by atoms with Crippen LogP contribution >= 0.6 is 0 Å². The summed E-state index contributed by atoms with van der Waals surface area (Å²) in [6.07, 6.45) is 0. The van der Waals surface area contributed by atoms with Gasteiger partial charge in [-0.25, -0.2) is 13.2 Å². The molecule has 6 heteroatoms. The largest absolute Gasteiger partial charge is 0.326 e. The molecule has 0 fully saturated rings. The number of anilines is 2. The Bertz CT molecular complexity index is 968. The monoisotopic (exact) mass is 343 g/mol. The maximum atomic E-state index is 14.3. The third kappa shape index (κ3) is 3.42. The molecule has 0 heterocycles. The summed E-state index contributed by atoms with van der Waals surface area (Å²) in [6.45, 7) is 1.93. The SMILES string of the molecule is CN=C(Nc1cccc(C)c1)Nc1c(F)cc(F)c2cccc(F)c12. The Hall–Kier alpha value is -3.02. The van der Waals surface area contributed by atoms with Crippen LogP contribution in [0.15, 0.2) is 53.5 Å². The number of aliphatic imine (C=N–C) groups is 1. The molecule has 0 saturated carbocycles. The Kier molecular flexibility index (Phi) is 4.61. The van der Waals surface area contributed by atoms with Gasteiger partial charge in [0.15, 0.2) is 5.96 Å². The number of hydrogen-bond acceptors (Lipinski definition) is 1. The summed E-state index contributed by atoms with van der Waals surface area (Å²) in [5.41, 5.74) is 1.60. The van der Waals surface area contributed by atoms with Crippen molar-refractivity contribution in [2.45, 2.75) is 6.92 Å². The van der Waals surface area contributed by atoms with Crippen LogP contribution in [-0.4, -0.2) is 13.0 Å². The van der Waals surface area contributed by atoms with Crippen LogP contribution in [0.5, 0.6) is 0 Å². The van der Waals surface area contributed by atoms with Crippen molar-refractivity contribution >= 4 is 28.1 Å². The van der Waals surface area contributed by atoms with E-state index in [1.165, 1.54) is 19.2 Å². The second-order valence-electron chi connectivity index (χ2n) is 5.57. The van der Waals surface area contributed by atoms with E-state index in [-0.39, 0.29) is 22.4 Å². The maximum absolute atomic E-state index is 14.3. The van der Waals surface area contributed by atoms with Gasteiger partial charge >= 0.3 is 0 Å². The van der Waals surface area contributed by atoms with E-state index >= 15 is 0 Å². The van der Waals surface area contributed by atoms with Crippen LogP contribution < -0.4 is 10.6 Å². The zero-order chi connectivity index (χ0) is 18.0. The molecule has 2 N–H and O–H groups in total. The normalized spacial score (nSPS) is 11.6. The summed E-state index contributed by atoms with van der Waals surface area (Å²) in [7, 11) is 1.51. The molecule has 0 bridgehead atoms. The van der Waals surface area contributed by atoms with Crippen LogP contribution in [0.25, 0.3) is 10.8 Å². The van der Waals surface area contributed by atoms with Crippen LogP contribution in [-0.2, 0) is 0 Å². The first-order chi connectivity index (χ1) is 12.0. The molecular weight excluding hydrogens is 327 g/mol. The molecule has 25 heavy (non-hydrogen) atoms. The van der Waals surface area contributed by atoms with Crippen molar-refractivity contribution in [3.63, 3.8) is 0 Å². The van der Waals surface area contributed by atoms with Gasteiger partial charge in [0.2, 0.25) is 0 Å². The predicted octanol–water partition coefficient (Wildman–Crippen LogP) is 5.08. The molecule has 0 unspecified atom stereocenters. The van der Waals surface area contributed by atoms with Gasteiger partial charge in [0.05, 0.1) is 5.69 Å². The van der Waals surface area contributed by atoms with Gasteiger partial charge in [0.1, 0.15) is 17.5 Å². The van der Waals surface area contributed by atoms with Gasteiger partial charge in [-0.15, -0.1) is 0 Å². The number of halogens is 3. The van der Waals surface area contributed by atoms with Crippen molar-refractivity contribution in [1.82, 2.24) is 0 Å². The summed E-state index contributed by atoms with van der Waals surface area (Å²) < 4.78 is 42.5. The lowest BCUT2D eigenvalue weighted by atomic mass is 10.1. The molecule has 0 spiro atoms. The minimum Gasteiger partial charge on any atom is -0.326 e. The molecule has 0 aliphatic carbocycles. The summed E-state index contributed by atoms with van der Waals surface area (Å²) in [4.78, 5) is 4.02. The van der Waals surface area contributed by atoms with Crippen molar-refractivity contribution in [3.05, 3.63) is 71.5 Å². The van der Waals surface area contributed by atoms with Crippen LogP contribution in [0.3, 0.4) is 0 Å². The molecule has 0 aliphatic rings. The fraction of sp³-hybridized carbons (Fsp3) is 0.105. The molecule has 0 amide bonds. The molecule has 3 aromatic carbocycles. The lowest BCUT2D eigenvalue weighted by Crippen LogP contribution is -2.23. The lowest BCUT2D eigenvalue weighted by Gasteiger charge is -2.15. The van der Waals surface area contributed by atoms with Crippen LogP contribution in [0.4, 0.5) is 24.5 Å². The van der Waals surface area contributed by atoms with Gasteiger partial charge < -0.3 is 10.6 Å². The first-order valence-corrected chi connectivity index (χ1v) is 7.63. The Morgan fingerprint density at radius 2 is 1.64 bits per heavy atom. The first kappa shape index (κ1) is 16.8. The smallest absolute Gasteiger partial charge is 0.200 e. The molecule has 3 nitrogen and oxygen atoms in total. The van der Waals surface area contributed by atoms with Crippen molar-refractivity contribution in [2.75, 3.05) is 17.7 Å². The van der Waals surface area contributed by atoms with E-state index in [1.807, 2.05) is 31.2 Å². The van der Waals surface area contributed by atoms with E-state index < -0.39 is 17.5 Å². The van der Waals surface area contributed by atoms with E-state index in [2.05, 4.69) is 15.6 Å². The van der Waals surface area contributed by atoms with Crippen LogP contribution in [0.2, 0.25) is 0 Å². The van der Waals surface area contributed by atoms with Crippen molar-refractivity contribution in [2.24, 2.45) is 4.99 Å².